The van der Waals surface area contributed by atoms with Crippen molar-refractivity contribution in [3.63, 3.8) is 0 Å². The minimum absolute atomic E-state index is 0.164. The van der Waals surface area contributed by atoms with Crippen molar-refractivity contribution in [2.24, 2.45) is 5.92 Å². The quantitative estimate of drug-likeness (QED) is 0.909. The number of fused-ring (bicyclic) bond motifs is 1. The molecule has 114 valence electrons. The number of hydrogen-bond donors (Lipinski definition) is 1. The van der Waals surface area contributed by atoms with Crippen LogP contribution in [0.15, 0.2) is 29.2 Å². The Morgan fingerprint density at radius 2 is 2.00 bits per heavy atom. The van der Waals surface area contributed by atoms with Crippen molar-refractivity contribution < 1.29 is 13.5 Å². The van der Waals surface area contributed by atoms with E-state index in [2.05, 4.69) is 0 Å². The Labute approximate surface area is 126 Å². The van der Waals surface area contributed by atoms with Gasteiger partial charge < -0.3 is 5.11 Å². The zero-order chi connectivity index (χ0) is 15.0. The van der Waals surface area contributed by atoms with Crippen molar-refractivity contribution in [1.82, 2.24) is 4.31 Å². The van der Waals surface area contributed by atoms with E-state index in [1.165, 1.54) is 9.87 Å². The van der Waals surface area contributed by atoms with Gasteiger partial charge in [0.25, 0.3) is 0 Å². The summed E-state index contributed by atoms with van der Waals surface area (Å²) in [6.07, 6.45) is 3.24. The van der Waals surface area contributed by atoms with Crippen molar-refractivity contribution in [2.45, 2.75) is 32.3 Å². The van der Waals surface area contributed by atoms with Crippen LogP contribution in [0.1, 0.15) is 30.9 Å². The lowest BCUT2D eigenvalue weighted by Gasteiger charge is -2.34. The van der Waals surface area contributed by atoms with Crippen LogP contribution in [0.25, 0.3) is 6.08 Å². The molecule has 0 spiro atoms. The van der Waals surface area contributed by atoms with Gasteiger partial charge in [-0.1, -0.05) is 31.2 Å². The summed E-state index contributed by atoms with van der Waals surface area (Å²) in [5, 5.41) is 9.94. The smallest absolute Gasteiger partial charge is 0.239 e. The van der Waals surface area contributed by atoms with Gasteiger partial charge in [-0.25, -0.2) is 8.42 Å². The average Bonchev–Trinajstić information content (AvgIpc) is 2.49. The van der Waals surface area contributed by atoms with Gasteiger partial charge in [0, 0.05) is 13.1 Å². The Hall–Kier alpha value is -1.17. The molecule has 0 aromatic heterocycles. The number of aliphatic hydroxyl groups excluding tert-OH is 1. The lowest BCUT2D eigenvalue weighted by Crippen LogP contribution is -2.46. The number of β-amino-alcohol motifs (C(OH)–C–C–N with tert-alkyl or cyclic N) is 1. The van der Waals surface area contributed by atoms with Crippen LogP contribution < -0.4 is 0 Å². The molecule has 1 aliphatic heterocycles. The number of piperidine rings is 1. The van der Waals surface area contributed by atoms with Gasteiger partial charge in [0.1, 0.15) is 0 Å². The van der Waals surface area contributed by atoms with Crippen LogP contribution in [0.3, 0.4) is 0 Å². The predicted molar refractivity (Wildman–Crippen MR) is 83.0 cm³/mol. The second kappa shape index (κ2) is 5.55. The zero-order valence-electron chi connectivity index (χ0n) is 12.2. The first kappa shape index (κ1) is 14.8. The fourth-order valence-electron chi connectivity index (χ4n) is 3.01. The number of allylic oxidation sites excluding steroid dienone is 1. The van der Waals surface area contributed by atoms with E-state index in [0.29, 0.717) is 24.3 Å². The topological polar surface area (TPSA) is 57.6 Å². The molecule has 1 N–H and O–H groups in total. The molecule has 21 heavy (non-hydrogen) atoms. The van der Waals surface area contributed by atoms with Crippen LogP contribution in [-0.4, -0.2) is 37.0 Å². The van der Waals surface area contributed by atoms with Crippen molar-refractivity contribution in [1.29, 1.82) is 0 Å². The Morgan fingerprint density at radius 3 is 2.76 bits per heavy atom. The molecule has 0 amide bonds. The van der Waals surface area contributed by atoms with Gasteiger partial charge in [0.15, 0.2) is 0 Å². The Balaban J connectivity index is 1.88. The van der Waals surface area contributed by atoms with Gasteiger partial charge in [-0.15, -0.1) is 0 Å². The van der Waals surface area contributed by atoms with Crippen molar-refractivity contribution >= 4 is 16.1 Å². The second-order valence-electron chi connectivity index (χ2n) is 6.01. The van der Waals surface area contributed by atoms with Crippen LogP contribution in [0.2, 0.25) is 0 Å². The summed E-state index contributed by atoms with van der Waals surface area (Å²) < 4.78 is 26.9. The maximum atomic E-state index is 12.7. The number of sulfonamides is 1. The lowest BCUT2D eigenvalue weighted by molar-refractivity contribution is 0.0608. The highest BCUT2D eigenvalue weighted by Crippen LogP contribution is 2.30. The molecular weight excluding hydrogens is 286 g/mol. The molecule has 4 nitrogen and oxygen atoms in total. The van der Waals surface area contributed by atoms with Crippen LogP contribution in [0.5, 0.6) is 0 Å². The van der Waals surface area contributed by atoms with Crippen LogP contribution in [0.4, 0.5) is 0 Å². The SMILES string of the molecule is CC1CCN(S(=O)(=O)C2=Cc3ccccc3CC2)CC1O. The molecule has 0 saturated carbocycles. The molecule has 1 aliphatic carbocycles. The van der Waals surface area contributed by atoms with Gasteiger partial charge in [-0.2, -0.15) is 4.31 Å². The molecule has 3 rings (SSSR count). The third-order valence-electron chi connectivity index (χ3n) is 4.56. The van der Waals surface area contributed by atoms with Crippen molar-refractivity contribution in [2.75, 3.05) is 13.1 Å². The van der Waals surface area contributed by atoms with E-state index in [4.69, 9.17) is 0 Å². The molecule has 2 aliphatic rings. The summed E-state index contributed by atoms with van der Waals surface area (Å²) in [6.45, 7) is 2.67. The lowest BCUT2D eigenvalue weighted by atomic mass is 9.97. The van der Waals surface area contributed by atoms with E-state index in [9.17, 15) is 13.5 Å². The molecule has 2 atom stereocenters. The molecule has 0 bridgehead atoms. The molecule has 1 aromatic carbocycles. The normalized spacial score (nSPS) is 27.0. The minimum atomic E-state index is -3.45. The van der Waals surface area contributed by atoms with E-state index < -0.39 is 16.1 Å². The van der Waals surface area contributed by atoms with Gasteiger partial charge in [-0.05, 0) is 42.4 Å². The fraction of sp³-hybridized carbons (Fsp3) is 0.500. The Morgan fingerprint density at radius 1 is 1.24 bits per heavy atom. The van der Waals surface area contributed by atoms with E-state index >= 15 is 0 Å². The number of hydrogen-bond acceptors (Lipinski definition) is 3. The molecule has 5 heteroatoms. The van der Waals surface area contributed by atoms with Gasteiger partial charge in [-0.3, -0.25) is 0 Å². The van der Waals surface area contributed by atoms with Gasteiger partial charge >= 0.3 is 0 Å². The number of benzene rings is 1. The highest BCUT2D eigenvalue weighted by molar-refractivity contribution is 7.93. The maximum absolute atomic E-state index is 12.7. The fourth-order valence-corrected chi connectivity index (χ4v) is 4.68. The van der Waals surface area contributed by atoms with E-state index in [1.807, 2.05) is 31.2 Å². The molecule has 1 saturated heterocycles. The zero-order valence-corrected chi connectivity index (χ0v) is 13.0. The third-order valence-corrected chi connectivity index (χ3v) is 6.56. The monoisotopic (exact) mass is 307 g/mol. The summed E-state index contributed by atoms with van der Waals surface area (Å²) in [4.78, 5) is 0.475. The van der Waals surface area contributed by atoms with Crippen LogP contribution >= 0.6 is 0 Å². The summed E-state index contributed by atoms with van der Waals surface area (Å²) in [5.74, 6) is 0.164. The first-order valence-corrected chi connectivity index (χ1v) is 8.89. The number of nitrogens with zero attached hydrogens (tertiary/aromatic N) is 1. The average molecular weight is 307 g/mol. The minimum Gasteiger partial charge on any atom is -0.391 e. The molecule has 0 radical (unpaired) electrons. The number of aryl methyl sites for hydroxylation is 1. The Bertz CT molecular complexity index is 666. The molecule has 1 fully saturated rings. The van der Waals surface area contributed by atoms with Crippen LogP contribution in [0, 0.1) is 5.92 Å². The third kappa shape index (κ3) is 2.78. The summed E-state index contributed by atoms with van der Waals surface area (Å²) in [6, 6.07) is 7.91. The van der Waals surface area contributed by atoms with Gasteiger partial charge in [0.2, 0.25) is 10.0 Å². The first-order valence-electron chi connectivity index (χ1n) is 7.45. The molecule has 1 heterocycles. The second-order valence-corrected chi connectivity index (χ2v) is 8.00. The van der Waals surface area contributed by atoms with Gasteiger partial charge in [0.05, 0.1) is 11.0 Å². The summed E-state index contributed by atoms with van der Waals surface area (Å²) in [5.41, 5.74) is 2.19. The van der Waals surface area contributed by atoms with Crippen molar-refractivity contribution in [3.05, 3.63) is 40.3 Å². The maximum Gasteiger partial charge on any atom is 0.239 e. The Kier molecular flexibility index (Phi) is 3.90. The van der Waals surface area contributed by atoms with E-state index in [1.54, 1.807) is 6.08 Å². The summed E-state index contributed by atoms with van der Waals surface area (Å²) >= 11 is 0. The number of rotatable bonds is 2. The largest absolute Gasteiger partial charge is 0.391 e. The highest BCUT2D eigenvalue weighted by atomic mass is 32.2. The summed E-state index contributed by atoms with van der Waals surface area (Å²) in [7, 11) is -3.45. The molecular formula is C16H21NO3S. The van der Waals surface area contributed by atoms with Crippen LogP contribution in [-0.2, 0) is 16.4 Å². The standard InChI is InChI=1S/C16H21NO3S/c1-12-8-9-17(11-16(12)18)21(19,20)15-7-6-13-4-2-3-5-14(13)10-15/h2-5,10,12,16,18H,6-9,11H2,1H3. The highest BCUT2D eigenvalue weighted by Gasteiger charge is 2.34. The number of aliphatic hydroxyl groups is 1. The molecule has 2 unspecified atom stereocenters. The molecule has 1 aromatic rings. The first-order chi connectivity index (χ1) is 9.98. The van der Waals surface area contributed by atoms with Crippen molar-refractivity contribution in [3.8, 4) is 0 Å². The van der Waals surface area contributed by atoms with E-state index in [-0.39, 0.29) is 12.5 Å². The van der Waals surface area contributed by atoms with E-state index in [0.717, 1.165) is 12.0 Å². The predicted octanol–water partition coefficient (Wildman–Crippen LogP) is 2.01.